The first-order valence-corrected chi connectivity index (χ1v) is 8.42. The van der Waals surface area contributed by atoms with Crippen molar-refractivity contribution in [1.82, 2.24) is 4.90 Å². The monoisotopic (exact) mass is 327 g/mol. The van der Waals surface area contributed by atoms with E-state index < -0.39 is 0 Å². The molecular weight excluding hydrogens is 302 g/mol. The maximum atomic E-state index is 6.07. The van der Waals surface area contributed by atoms with Crippen molar-refractivity contribution in [2.45, 2.75) is 19.3 Å². The molecule has 1 fully saturated rings. The zero-order chi connectivity index (χ0) is 16.6. The van der Waals surface area contributed by atoms with E-state index in [0.717, 1.165) is 32.0 Å². The summed E-state index contributed by atoms with van der Waals surface area (Å²) in [5.41, 5.74) is 2.47. The minimum atomic E-state index is 0.103. The molecule has 1 atom stereocenters. The highest BCUT2D eigenvalue weighted by molar-refractivity contribution is 5.27. The molecule has 0 aromatic heterocycles. The fourth-order valence-electron chi connectivity index (χ4n) is 2.86. The molecule has 4 heteroatoms. The van der Waals surface area contributed by atoms with Crippen LogP contribution >= 0.6 is 0 Å². The molecule has 1 saturated heterocycles. The first kappa shape index (κ1) is 17.0. The molecule has 0 saturated carbocycles. The molecule has 2 aromatic rings. The molecule has 2 aromatic carbocycles. The van der Waals surface area contributed by atoms with Crippen molar-refractivity contribution in [2.75, 3.05) is 33.4 Å². The Morgan fingerprint density at radius 3 is 2.58 bits per heavy atom. The quantitative estimate of drug-likeness (QED) is 0.816. The molecule has 1 heterocycles. The number of benzene rings is 2. The molecule has 1 aliphatic rings. The van der Waals surface area contributed by atoms with Crippen molar-refractivity contribution in [2.24, 2.45) is 0 Å². The fourth-order valence-corrected chi connectivity index (χ4v) is 2.86. The van der Waals surface area contributed by atoms with E-state index in [1.54, 1.807) is 7.11 Å². The van der Waals surface area contributed by atoms with Gasteiger partial charge in [0.05, 0.1) is 33.0 Å². The molecule has 0 radical (unpaired) electrons. The lowest BCUT2D eigenvalue weighted by atomic mass is 10.2. The van der Waals surface area contributed by atoms with Crippen LogP contribution in [-0.4, -0.2) is 44.4 Å². The number of methoxy groups -OCH3 is 1. The van der Waals surface area contributed by atoms with Crippen molar-refractivity contribution < 1.29 is 14.2 Å². The van der Waals surface area contributed by atoms with Crippen molar-refractivity contribution >= 4 is 0 Å². The Hall–Kier alpha value is -1.88. The van der Waals surface area contributed by atoms with Crippen LogP contribution < -0.4 is 4.74 Å². The predicted molar refractivity (Wildman–Crippen MR) is 94.1 cm³/mol. The minimum absolute atomic E-state index is 0.103. The smallest absolute Gasteiger partial charge is 0.118 e. The SMILES string of the molecule is COc1ccc(CN2CCOCC(OCc3ccccc3)C2)cc1. The molecule has 1 unspecified atom stereocenters. The van der Waals surface area contributed by atoms with Crippen LogP contribution in [0.4, 0.5) is 0 Å². The summed E-state index contributed by atoms with van der Waals surface area (Å²) < 4.78 is 17.0. The van der Waals surface area contributed by atoms with Gasteiger partial charge in [-0.2, -0.15) is 0 Å². The molecule has 0 amide bonds. The van der Waals surface area contributed by atoms with Gasteiger partial charge in [-0.05, 0) is 23.3 Å². The third kappa shape index (κ3) is 5.06. The largest absolute Gasteiger partial charge is 0.497 e. The highest BCUT2D eigenvalue weighted by Crippen LogP contribution is 2.15. The van der Waals surface area contributed by atoms with Crippen LogP contribution in [0.5, 0.6) is 5.75 Å². The minimum Gasteiger partial charge on any atom is -0.497 e. The maximum absolute atomic E-state index is 6.07. The topological polar surface area (TPSA) is 30.9 Å². The lowest BCUT2D eigenvalue weighted by Gasteiger charge is -2.23. The third-order valence-electron chi connectivity index (χ3n) is 4.21. The van der Waals surface area contributed by atoms with Gasteiger partial charge in [0.15, 0.2) is 0 Å². The second kappa shape index (κ2) is 8.83. The first-order valence-electron chi connectivity index (χ1n) is 8.42. The lowest BCUT2D eigenvalue weighted by molar-refractivity contribution is -0.0155. The molecule has 128 valence electrons. The Morgan fingerprint density at radius 2 is 1.83 bits per heavy atom. The molecule has 0 bridgehead atoms. The van der Waals surface area contributed by atoms with Crippen LogP contribution in [0.25, 0.3) is 0 Å². The van der Waals surface area contributed by atoms with E-state index in [-0.39, 0.29) is 6.10 Å². The van der Waals surface area contributed by atoms with Gasteiger partial charge < -0.3 is 14.2 Å². The second-order valence-corrected chi connectivity index (χ2v) is 6.08. The Kier molecular flexibility index (Phi) is 6.24. The Labute approximate surface area is 144 Å². The van der Waals surface area contributed by atoms with Gasteiger partial charge in [0, 0.05) is 19.6 Å². The number of nitrogens with zero attached hydrogens (tertiary/aromatic N) is 1. The van der Waals surface area contributed by atoms with Crippen LogP contribution in [0.15, 0.2) is 54.6 Å². The maximum Gasteiger partial charge on any atom is 0.118 e. The summed E-state index contributed by atoms with van der Waals surface area (Å²) in [5.74, 6) is 0.891. The van der Waals surface area contributed by atoms with E-state index >= 15 is 0 Å². The fraction of sp³-hybridized carbons (Fsp3) is 0.400. The van der Waals surface area contributed by atoms with E-state index in [4.69, 9.17) is 14.2 Å². The second-order valence-electron chi connectivity index (χ2n) is 6.08. The summed E-state index contributed by atoms with van der Waals surface area (Å²) in [6, 6.07) is 18.5. The molecule has 1 aliphatic heterocycles. The zero-order valence-electron chi connectivity index (χ0n) is 14.2. The van der Waals surface area contributed by atoms with Gasteiger partial charge in [-0.15, -0.1) is 0 Å². The van der Waals surface area contributed by atoms with Gasteiger partial charge in [-0.1, -0.05) is 42.5 Å². The van der Waals surface area contributed by atoms with E-state index in [1.165, 1.54) is 11.1 Å². The Balaban J connectivity index is 1.53. The van der Waals surface area contributed by atoms with Gasteiger partial charge in [0.1, 0.15) is 5.75 Å². The molecule has 0 spiro atoms. The molecule has 0 N–H and O–H groups in total. The molecule has 24 heavy (non-hydrogen) atoms. The number of ether oxygens (including phenoxy) is 3. The van der Waals surface area contributed by atoms with Gasteiger partial charge in [-0.3, -0.25) is 4.90 Å². The van der Waals surface area contributed by atoms with Crippen LogP contribution in [-0.2, 0) is 22.6 Å². The van der Waals surface area contributed by atoms with E-state index in [9.17, 15) is 0 Å². The lowest BCUT2D eigenvalue weighted by Crippen LogP contribution is -2.33. The van der Waals surface area contributed by atoms with E-state index in [1.807, 2.05) is 30.3 Å². The average Bonchev–Trinajstić information content (AvgIpc) is 2.86. The predicted octanol–water partition coefficient (Wildman–Crippen LogP) is 3.11. The van der Waals surface area contributed by atoms with Gasteiger partial charge in [0.2, 0.25) is 0 Å². The zero-order valence-corrected chi connectivity index (χ0v) is 14.2. The third-order valence-corrected chi connectivity index (χ3v) is 4.21. The summed E-state index contributed by atoms with van der Waals surface area (Å²) in [7, 11) is 1.69. The number of hydrogen-bond donors (Lipinski definition) is 0. The van der Waals surface area contributed by atoms with Gasteiger partial charge in [-0.25, -0.2) is 0 Å². The van der Waals surface area contributed by atoms with Crippen LogP contribution in [0.1, 0.15) is 11.1 Å². The highest BCUT2D eigenvalue weighted by Gasteiger charge is 2.19. The molecule has 0 aliphatic carbocycles. The highest BCUT2D eigenvalue weighted by atomic mass is 16.5. The van der Waals surface area contributed by atoms with Crippen molar-refractivity contribution in [3.63, 3.8) is 0 Å². The van der Waals surface area contributed by atoms with Crippen molar-refractivity contribution in [1.29, 1.82) is 0 Å². The summed E-state index contributed by atoms with van der Waals surface area (Å²) >= 11 is 0. The van der Waals surface area contributed by atoms with E-state index in [0.29, 0.717) is 13.2 Å². The van der Waals surface area contributed by atoms with Crippen LogP contribution in [0.2, 0.25) is 0 Å². The average molecular weight is 327 g/mol. The number of rotatable bonds is 6. The van der Waals surface area contributed by atoms with Crippen molar-refractivity contribution in [3.8, 4) is 5.75 Å². The number of hydrogen-bond acceptors (Lipinski definition) is 4. The molecule has 4 nitrogen and oxygen atoms in total. The summed E-state index contributed by atoms with van der Waals surface area (Å²) in [5, 5.41) is 0. The normalized spacial score (nSPS) is 19.0. The first-order chi connectivity index (χ1) is 11.8. The van der Waals surface area contributed by atoms with Gasteiger partial charge >= 0.3 is 0 Å². The Morgan fingerprint density at radius 1 is 1.04 bits per heavy atom. The van der Waals surface area contributed by atoms with Crippen LogP contribution in [0, 0.1) is 0 Å². The van der Waals surface area contributed by atoms with Crippen LogP contribution in [0.3, 0.4) is 0 Å². The molecular formula is C20H25NO3. The van der Waals surface area contributed by atoms with Crippen molar-refractivity contribution in [3.05, 3.63) is 65.7 Å². The molecule has 3 rings (SSSR count). The summed E-state index contributed by atoms with van der Waals surface area (Å²) in [6.07, 6.45) is 0.103. The standard InChI is InChI=1S/C20H25NO3/c1-22-19-9-7-17(8-10-19)13-21-11-12-23-16-20(14-21)24-15-18-5-3-2-4-6-18/h2-10,20H,11-16H2,1H3. The van der Waals surface area contributed by atoms with Gasteiger partial charge in [0.25, 0.3) is 0 Å². The Bertz CT molecular complexity index is 600. The summed E-state index contributed by atoms with van der Waals surface area (Å²) in [4.78, 5) is 2.39. The van der Waals surface area contributed by atoms with E-state index in [2.05, 4.69) is 29.2 Å². The summed E-state index contributed by atoms with van der Waals surface area (Å²) in [6.45, 7) is 4.76.